The molecule has 0 atom stereocenters. The van der Waals surface area contributed by atoms with Crippen LogP contribution in [0.3, 0.4) is 0 Å². The zero-order valence-electron chi connectivity index (χ0n) is 18.2. The first-order valence-corrected chi connectivity index (χ1v) is 10.2. The lowest BCUT2D eigenvalue weighted by atomic mass is 10.1. The minimum absolute atomic E-state index is 0. The maximum atomic E-state index is 5.63. The highest BCUT2D eigenvalue weighted by molar-refractivity contribution is 14.0. The summed E-state index contributed by atoms with van der Waals surface area (Å²) in [6.07, 6.45) is 5.43. The Bertz CT molecular complexity index is 1140. The van der Waals surface area contributed by atoms with Gasteiger partial charge in [0.25, 0.3) is 0 Å². The fourth-order valence-corrected chi connectivity index (χ4v) is 3.24. The second kappa shape index (κ2) is 11.5. The molecular formula is C24H27IN6O. The summed E-state index contributed by atoms with van der Waals surface area (Å²) in [6, 6.07) is 18.4. The third-order valence-corrected chi connectivity index (χ3v) is 4.97. The smallest absolute Gasteiger partial charge is 0.226 e. The maximum Gasteiger partial charge on any atom is 0.226 e. The van der Waals surface area contributed by atoms with Gasteiger partial charge < -0.3 is 15.1 Å². The molecule has 0 aliphatic heterocycles. The van der Waals surface area contributed by atoms with Crippen LogP contribution in [0.1, 0.15) is 22.4 Å². The third-order valence-electron chi connectivity index (χ3n) is 4.97. The number of benzene rings is 2. The first-order chi connectivity index (χ1) is 15.2. The normalized spacial score (nSPS) is 11.1. The fourth-order valence-electron chi connectivity index (χ4n) is 3.24. The van der Waals surface area contributed by atoms with Crippen LogP contribution in [-0.2, 0) is 19.6 Å². The van der Waals surface area contributed by atoms with E-state index in [1.165, 1.54) is 16.7 Å². The van der Waals surface area contributed by atoms with Gasteiger partial charge in [0.2, 0.25) is 5.89 Å². The summed E-state index contributed by atoms with van der Waals surface area (Å²) in [6.45, 7) is 3.97. The topological polar surface area (TPSA) is 80.3 Å². The van der Waals surface area contributed by atoms with E-state index in [-0.39, 0.29) is 24.0 Å². The van der Waals surface area contributed by atoms with Crippen LogP contribution >= 0.6 is 24.0 Å². The van der Waals surface area contributed by atoms with Gasteiger partial charge in [-0.25, -0.2) is 4.98 Å². The van der Waals surface area contributed by atoms with Crippen LogP contribution in [0.15, 0.2) is 82.7 Å². The van der Waals surface area contributed by atoms with Gasteiger partial charge in [0.1, 0.15) is 6.26 Å². The first-order valence-electron chi connectivity index (χ1n) is 10.2. The lowest BCUT2D eigenvalue weighted by Gasteiger charge is -2.14. The van der Waals surface area contributed by atoms with Gasteiger partial charge in [-0.05, 0) is 36.2 Å². The number of aromatic nitrogens is 3. The van der Waals surface area contributed by atoms with Gasteiger partial charge in [0.05, 0.1) is 18.8 Å². The predicted octanol–water partition coefficient (Wildman–Crippen LogP) is 4.38. The van der Waals surface area contributed by atoms with Gasteiger partial charge in [-0.15, -0.1) is 24.0 Å². The Hall–Kier alpha value is -3.14. The number of hydrogen-bond donors (Lipinski definition) is 2. The van der Waals surface area contributed by atoms with Crippen LogP contribution in [0.4, 0.5) is 0 Å². The van der Waals surface area contributed by atoms with Crippen molar-refractivity contribution in [1.82, 2.24) is 25.4 Å². The van der Waals surface area contributed by atoms with E-state index in [1.807, 2.05) is 53.3 Å². The Morgan fingerprint density at radius 3 is 2.47 bits per heavy atom. The summed E-state index contributed by atoms with van der Waals surface area (Å²) in [5.41, 5.74) is 5.40. The summed E-state index contributed by atoms with van der Waals surface area (Å²) < 4.78 is 7.55. The molecule has 2 heterocycles. The highest BCUT2D eigenvalue weighted by atomic mass is 127. The largest absolute Gasteiger partial charge is 0.444 e. The number of hydrogen-bond acceptors (Lipinski definition) is 4. The van der Waals surface area contributed by atoms with Crippen LogP contribution in [-0.4, -0.2) is 27.8 Å². The zero-order valence-corrected chi connectivity index (χ0v) is 20.5. The Kier molecular flexibility index (Phi) is 8.43. The summed E-state index contributed by atoms with van der Waals surface area (Å²) >= 11 is 0. The average molecular weight is 542 g/mol. The van der Waals surface area contributed by atoms with Crippen molar-refractivity contribution in [3.8, 4) is 11.5 Å². The number of aryl methyl sites for hydroxylation is 1. The Morgan fingerprint density at radius 2 is 1.75 bits per heavy atom. The third kappa shape index (κ3) is 6.19. The Morgan fingerprint density at radius 1 is 1.00 bits per heavy atom. The number of halogens is 1. The number of aliphatic imine (C=N–C) groups is 1. The van der Waals surface area contributed by atoms with Crippen LogP contribution < -0.4 is 10.6 Å². The summed E-state index contributed by atoms with van der Waals surface area (Å²) in [5, 5.41) is 11.0. The van der Waals surface area contributed by atoms with Gasteiger partial charge in [0, 0.05) is 31.5 Å². The number of oxazole rings is 1. The quantitative estimate of drug-likeness (QED) is 0.206. The summed E-state index contributed by atoms with van der Waals surface area (Å²) in [4.78, 5) is 8.89. The van der Waals surface area contributed by atoms with Crippen molar-refractivity contribution in [1.29, 1.82) is 0 Å². The molecule has 0 saturated heterocycles. The minimum Gasteiger partial charge on any atom is -0.444 e. The van der Waals surface area contributed by atoms with E-state index in [2.05, 4.69) is 44.8 Å². The SMILES string of the molecule is CN=C(NCc1coc(-c2ccc(C)cc2)n1)NCc1ccccc1Cn1cccn1.I. The van der Waals surface area contributed by atoms with E-state index in [0.29, 0.717) is 24.9 Å². The molecule has 4 aromatic rings. The van der Waals surface area contributed by atoms with E-state index in [1.54, 1.807) is 19.5 Å². The van der Waals surface area contributed by atoms with Crippen molar-refractivity contribution in [3.05, 3.63) is 95.6 Å². The molecule has 0 spiro atoms. The highest BCUT2D eigenvalue weighted by Crippen LogP contribution is 2.19. The molecule has 0 amide bonds. The predicted molar refractivity (Wildman–Crippen MR) is 137 cm³/mol. The molecule has 0 aliphatic rings. The molecule has 0 aliphatic carbocycles. The van der Waals surface area contributed by atoms with E-state index >= 15 is 0 Å². The van der Waals surface area contributed by atoms with E-state index in [9.17, 15) is 0 Å². The molecule has 2 aromatic carbocycles. The van der Waals surface area contributed by atoms with E-state index in [4.69, 9.17) is 4.42 Å². The number of nitrogens with zero attached hydrogens (tertiary/aromatic N) is 4. The molecule has 8 heteroatoms. The zero-order chi connectivity index (χ0) is 21.5. The monoisotopic (exact) mass is 542 g/mol. The van der Waals surface area contributed by atoms with E-state index < -0.39 is 0 Å². The molecule has 0 bridgehead atoms. The second-order valence-electron chi connectivity index (χ2n) is 7.26. The van der Waals surface area contributed by atoms with Crippen LogP contribution in [0.2, 0.25) is 0 Å². The Labute approximate surface area is 205 Å². The van der Waals surface area contributed by atoms with Gasteiger partial charge in [-0.3, -0.25) is 9.67 Å². The molecule has 4 rings (SSSR count). The molecule has 2 N–H and O–H groups in total. The molecule has 0 unspecified atom stereocenters. The van der Waals surface area contributed by atoms with Gasteiger partial charge in [-0.1, -0.05) is 42.0 Å². The lowest BCUT2D eigenvalue weighted by Crippen LogP contribution is -2.36. The molecular weight excluding hydrogens is 515 g/mol. The molecule has 0 radical (unpaired) electrons. The van der Waals surface area contributed by atoms with Gasteiger partial charge in [-0.2, -0.15) is 5.10 Å². The van der Waals surface area contributed by atoms with Crippen molar-refractivity contribution in [2.45, 2.75) is 26.6 Å². The number of rotatable bonds is 7. The molecule has 32 heavy (non-hydrogen) atoms. The van der Waals surface area contributed by atoms with E-state index in [0.717, 1.165) is 17.8 Å². The maximum absolute atomic E-state index is 5.63. The Balaban J connectivity index is 0.00000289. The standard InChI is InChI=1S/C24H26N6O.HI/c1-18-8-10-19(11-9-18)23-29-22(17-31-23)15-27-24(25-2)26-14-20-6-3-4-7-21(20)16-30-13-5-12-28-30;/h3-13,17H,14-16H2,1-2H3,(H2,25,26,27);1H. The molecule has 166 valence electrons. The fraction of sp³-hybridized carbons (Fsp3) is 0.208. The summed E-state index contributed by atoms with van der Waals surface area (Å²) in [7, 11) is 1.76. The molecule has 7 nitrogen and oxygen atoms in total. The van der Waals surface area contributed by atoms with Gasteiger partial charge in [0.15, 0.2) is 5.96 Å². The second-order valence-corrected chi connectivity index (χ2v) is 7.26. The van der Waals surface area contributed by atoms with Crippen LogP contribution in [0, 0.1) is 6.92 Å². The van der Waals surface area contributed by atoms with Crippen molar-refractivity contribution in [2.24, 2.45) is 4.99 Å². The van der Waals surface area contributed by atoms with Gasteiger partial charge >= 0.3 is 0 Å². The molecule has 0 saturated carbocycles. The number of nitrogens with one attached hydrogen (secondary N) is 2. The minimum atomic E-state index is 0. The van der Waals surface area contributed by atoms with Crippen LogP contribution in [0.25, 0.3) is 11.5 Å². The average Bonchev–Trinajstić information content (AvgIpc) is 3.48. The molecule has 0 fully saturated rings. The van der Waals surface area contributed by atoms with Crippen molar-refractivity contribution < 1.29 is 4.42 Å². The number of guanidine groups is 1. The highest BCUT2D eigenvalue weighted by Gasteiger charge is 2.08. The van der Waals surface area contributed by atoms with Crippen LogP contribution in [0.5, 0.6) is 0 Å². The first kappa shape index (κ1) is 23.5. The van der Waals surface area contributed by atoms with Crippen molar-refractivity contribution >= 4 is 29.9 Å². The van der Waals surface area contributed by atoms with Crippen molar-refractivity contribution in [2.75, 3.05) is 7.05 Å². The summed E-state index contributed by atoms with van der Waals surface area (Å²) in [5.74, 6) is 1.32. The lowest BCUT2D eigenvalue weighted by molar-refractivity contribution is 0.572. The molecule has 2 aromatic heterocycles. The van der Waals surface area contributed by atoms with Crippen molar-refractivity contribution in [3.63, 3.8) is 0 Å².